The Kier molecular flexibility index (Phi) is 5.35. The standard InChI is InChI=1S/C14H19BrO3/c1-10(13(16)18-14(2,3)4)17-9-11-7-5-6-8-12(11)15/h5-8,10H,9H2,1-4H3. The quantitative estimate of drug-likeness (QED) is 0.795. The normalized spacial score (nSPS) is 13.2. The molecule has 1 aromatic carbocycles. The summed E-state index contributed by atoms with van der Waals surface area (Å²) in [5.74, 6) is -0.338. The van der Waals surface area contributed by atoms with Crippen LogP contribution in [0.25, 0.3) is 0 Å². The second kappa shape index (κ2) is 6.34. The van der Waals surface area contributed by atoms with E-state index >= 15 is 0 Å². The topological polar surface area (TPSA) is 35.5 Å². The SMILES string of the molecule is CC(OCc1ccccc1Br)C(=O)OC(C)(C)C. The van der Waals surface area contributed by atoms with Gasteiger partial charge in [0.1, 0.15) is 5.60 Å². The molecular formula is C14H19BrO3. The largest absolute Gasteiger partial charge is 0.458 e. The maximum absolute atomic E-state index is 11.7. The maximum atomic E-state index is 11.7. The fourth-order valence-electron chi connectivity index (χ4n) is 1.28. The van der Waals surface area contributed by atoms with Crippen LogP contribution in [0.1, 0.15) is 33.3 Å². The van der Waals surface area contributed by atoms with Crippen LogP contribution >= 0.6 is 15.9 Å². The van der Waals surface area contributed by atoms with E-state index in [1.165, 1.54) is 0 Å². The lowest BCUT2D eigenvalue weighted by molar-refractivity contribution is -0.168. The summed E-state index contributed by atoms with van der Waals surface area (Å²) in [5, 5.41) is 0. The van der Waals surface area contributed by atoms with Gasteiger partial charge in [-0.2, -0.15) is 0 Å². The Bertz CT molecular complexity index is 410. The first-order chi connectivity index (χ1) is 8.29. The molecule has 0 radical (unpaired) electrons. The van der Waals surface area contributed by atoms with Gasteiger partial charge >= 0.3 is 5.97 Å². The summed E-state index contributed by atoms with van der Waals surface area (Å²) < 4.78 is 11.7. The molecule has 0 aliphatic heterocycles. The van der Waals surface area contributed by atoms with Crippen LogP contribution in [0.3, 0.4) is 0 Å². The van der Waals surface area contributed by atoms with Crippen molar-refractivity contribution in [3.05, 3.63) is 34.3 Å². The highest BCUT2D eigenvalue weighted by Gasteiger charge is 2.22. The molecular weight excluding hydrogens is 296 g/mol. The van der Waals surface area contributed by atoms with Gasteiger partial charge in [0.2, 0.25) is 0 Å². The van der Waals surface area contributed by atoms with E-state index in [1.807, 2.05) is 45.0 Å². The Balaban J connectivity index is 2.49. The number of carbonyl (C=O) groups is 1. The Morgan fingerprint density at radius 3 is 2.50 bits per heavy atom. The zero-order valence-electron chi connectivity index (χ0n) is 11.2. The van der Waals surface area contributed by atoms with Gasteiger partial charge in [0, 0.05) is 4.47 Å². The van der Waals surface area contributed by atoms with Crippen LogP contribution in [0.15, 0.2) is 28.7 Å². The molecule has 0 saturated heterocycles. The van der Waals surface area contributed by atoms with Crippen LogP contribution in [-0.2, 0) is 20.9 Å². The predicted octanol–water partition coefficient (Wildman–Crippen LogP) is 3.70. The molecule has 100 valence electrons. The zero-order chi connectivity index (χ0) is 13.8. The van der Waals surface area contributed by atoms with Crippen LogP contribution in [0, 0.1) is 0 Å². The summed E-state index contributed by atoms with van der Waals surface area (Å²) in [6.07, 6.45) is -0.573. The van der Waals surface area contributed by atoms with Gasteiger partial charge in [-0.15, -0.1) is 0 Å². The number of esters is 1. The van der Waals surface area contributed by atoms with Crippen molar-refractivity contribution in [2.24, 2.45) is 0 Å². The summed E-state index contributed by atoms with van der Waals surface area (Å²) in [6.45, 7) is 7.59. The highest BCUT2D eigenvalue weighted by atomic mass is 79.9. The van der Waals surface area contributed by atoms with Crippen LogP contribution in [-0.4, -0.2) is 17.7 Å². The van der Waals surface area contributed by atoms with Crippen LogP contribution in [0.5, 0.6) is 0 Å². The van der Waals surface area contributed by atoms with Crippen LogP contribution in [0.4, 0.5) is 0 Å². The molecule has 1 rings (SSSR count). The second-order valence-electron chi connectivity index (χ2n) is 5.08. The van der Waals surface area contributed by atoms with Crippen molar-refractivity contribution in [2.45, 2.75) is 46.0 Å². The van der Waals surface area contributed by atoms with E-state index in [9.17, 15) is 4.79 Å². The summed E-state index contributed by atoms with van der Waals surface area (Å²) in [5.41, 5.74) is 0.523. The van der Waals surface area contributed by atoms with E-state index < -0.39 is 11.7 Å². The molecule has 0 fully saturated rings. The molecule has 0 spiro atoms. The highest BCUT2D eigenvalue weighted by molar-refractivity contribution is 9.10. The smallest absolute Gasteiger partial charge is 0.335 e. The Labute approximate surface area is 117 Å². The molecule has 3 nitrogen and oxygen atoms in total. The van der Waals surface area contributed by atoms with Gasteiger partial charge in [-0.1, -0.05) is 34.1 Å². The van der Waals surface area contributed by atoms with E-state index in [2.05, 4.69) is 15.9 Å². The number of hydrogen-bond donors (Lipinski definition) is 0. The third-order valence-corrected chi connectivity index (χ3v) is 2.96. The van der Waals surface area contributed by atoms with Gasteiger partial charge in [-0.25, -0.2) is 4.79 Å². The van der Waals surface area contributed by atoms with Gasteiger partial charge in [-0.05, 0) is 39.3 Å². The number of halogens is 1. The number of carbonyl (C=O) groups excluding carboxylic acids is 1. The number of ether oxygens (including phenoxy) is 2. The fourth-order valence-corrected chi connectivity index (χ4v) is 1.68. The van der Waals surface area contributed by atoms with Gasteiger partial charge in [0.05, 0.1) is 6.61 Å². The van der Waals surface area contributed by atoms with Crippen molar-refractivity contribution in [2.75, 3.05) is 0 Å². The van der Waals surface area contributed by atoms with Crippen molar-refractivity contribution >= 4 is 21.9 Å². The van der Waals surface area contributed by atoms with Crippen LogP contribution < -0.4 is 0 Å². The first kappa shape index (κ1) is 15.2. The molecule has 0 N–H and O–H groups in total. The Hall–Kier alpha value is -0.870. The van der Waals surface area contributed by atoms with Gasteiger partial charge < -0.3 is 9.47 Å². The fraction of sp³-hybridized carbons (Fsp3) is 0.500. The minimum Gasteiger partial charge on any atom is -0.458 e. The number of benzene rings is 1. The van der Waals surface area contributed by atoms with E-state index in [1.54, 1.807) is 6.92 Å². The lowest BCUT2D eigenvalue weighted by atomic mass is 10.2. The molecule has 0 saturated carbocycles. The average Bonchev–Trinajstić information content (AvgIpc) is 2.25. The van der Waals surface area contributed by atoms with Crippen LogP contribution in [0.2, 0.25) is 0 Å². The minimum atomic E-state index is -0.573. The van der Waals surface area contributed by atoms with Crippen molar-refractivity contribution < 1.29 is 14.3 Å². The molecule has 4 heteroatoms. The Morgan fingerprint density at radius 2 is 1.94 bits per heavy atom. The lowest BCUT2D eigenvalue weighted by Crippen LogP contribution is -2.31. The molecule has 0 bridgehead atoms. The molecule has 18 heavy (non-hydrogen) atoms. The zero-order valence-corrected chi connectivity index (χ0v) is 12.8. The van der Waals surface area contributed by atoms with E-state index in [-0.39, 0.29) is 5.97 Å². The van der Waals surface area contributed by atoms with Crippen molar-refractivity contribution in [3.63, 3.8) is 0 Å². The molecule has 1 unspecified atom stereocenters. The molecule has 0 aliphatic rings. The molecule has 1 aromatic rings. The van der Waals surface area contributed by atoms with E-state index in [0.717, 1.165) is 10.0 Å². The molecule has 1 atom stereocenters. The lowest BCUT2D eigenvalue weighted by Gasteiger charge is -2.22. The third kappa shape index (κ3) is 5.19. The highest BCUT2D eigenvalue weighted by Crippen LogP contribution is 2.18. The van der Waals surface area contributed by atoms with E-state index in [4.69, 9.17) is 9.47 Å². The summed E-state index contributed by atoms with van der Waals surface area (Å²) in [4.78, 5) is 11.7. The van der Waals surface area contributed by atoms with E-state index in [0.29, 0.717) is 6.61 Å². The Morgan fingerprint density at radius 1 is 1.33 bits per heavy atom. The molecule has 0 aromatic heterocycles. The van der Waals surface area contributed by atoms with Gasteiger partial charge in [0.25, 0.3) is 0 Å². The van der Waals surface area contributed by atoms with Crippen molar-refractivity contribution in [1.29, 1.82) is 0 Å². The number of rotatable bonds is 4. The molecule has 0 amide bonds. The third-order valence-electron chi connectivity index (χ3n) is 2.19. The average molecular weight is 315 g/mol. The monoisotopic (exact) mass is 314 g/mol. The summed E-state index contributed by atoms with van der Waals surface area (Å²) in [6, 6.07) is 7.76. The summed E-state index contributed by atoms with van der Waals surface area (Å²) in [7, 11) is 0. The van der Waals surface area contributed by atoms with Gasteiger partial charge in [-0.3, -0.25) is 0 Å². The van der Waals surface area contributed by atoms with Crippen molar-refractivity contribution in [1.82, 2.24) is 0 Å². The number of hydrogen-bond acceptors (Lipinski definition) is 3. The predicted molar refractivity (Wildman–Crippen MR) is 74.2 cm³/mol. The van der Waals surface area contributed by atoms with Crippen molar-refractivity contribution in [3.8, 4) is 0 Å². The first-order valence-corrected chi connectivity index (χ1v) is 6.67. The second-order valence-corrected chi connectivity index (χ2v) is 5.93. The maximum Gasteiger partial charge on any atom is 0.335 e. The first-order valence-electron chi connectivity index (χ1n) is 5.87. The molecule has 0 heterocycles. The summed E-state index contributed by atoms with van der Waals surface area (Å²) >= 11 is 3.44. The minimum absolute atomic E-state index is 0.338. The van der Waals surface area contributed by atoms with Gasteiger partial charge in [0.15, 0.2) is 6.10 Å². The molecule has 0 aliphatic carbocycles.